The highest BCUT2D eigenvalue weighted by atomic mass is 35.5. The first kappa shape index (κ1) is 14.4. The highest BCUT2D eigenvalue weighted by Crippen LogP contribution is 2.36. The molecule has 0 atom stereocenters. The first-order chi connectivity index (χ1) is 9.32. The second kappa shape index (κ2) is 5.14. The minimum Gasteiger partial charge on any atom is -0.206 e. The number of halogens is 5. The topological polar surface area (TPSA) is 23.8 Å². The second-order valence-electron chi connectivity index (χ2n) is 4.00. The molecular weight excluding hydrogens is 294 g/mol. The SMILES string of the molecule is N#Cc1ccc(-c2ccc(C(F)(F)F)c(Cl)c2)cc1F. The van der Waals surface area contributed by atoms with Crippen LogP contribution in [0.3, 0.4) is 0 Å². The van der Waals surface area contributed by atoms with Gasteiger partial charge in [-0.3, -0.25) is 0 Å². The van der Waals surface area contributed by atoms with E-state index in [0.29, 0.717) is 11.1 Å². The number of nitrogens with zero attached hydrogens (tertiary/aromatic N) is 1. The van der Waals surface area contributed by atoms with Crippen molar-refractivity contribution in [2.75, 3.05) is 0 Å². The average molecular weight is 300 g/mol. The highest BCUT2D eigenvalue weighted by Gasteiger charge is 2.33. The fourth-order valence-electron chi connectivity index (χ4n) is 1.71. The van der Waals surface area contributed by atoms with E-state index in [0.717, 1.165) is 18.2 Å². The van der Waals surface area contributed by atoms with Crippen molar-refractivity contribution >= 4 is 11.6 Å². The molecule has 0 unspecified atom stereocenters. The molecule has 6 heteroatoms. The fraction of sp³-hybridized carbons (Fsp3) is 0.0714. The summed E-state index contributed by atoms with van der Waals surface area (Å²) in [5, 5.41) is 8.16. The predicted molar refractivity (Wildman–Crippen MR) is 66.6 cm³/mol. The quantitative estimate of drug-likeness (QED) is 0.677. The Balaban J connectivity index is 2.48. The largest absolute Gasteiger partial charge is 0.417 e. The maximum Gasteiger partial charge on any atom is 0.417 e. The van der Waals surface area contributed by atoms with Gasteiger partial charge in [-0.2, -0.15) is 18.4 Å². The van der Waals surface area contributed by atoms with E-state index in [4.69, 9.17) is 16.9 Å². The molecule has 0 radical (unpaired) electrons. The summed E-state index contributed by atoms with van der Waals surface area (Å²) in [6.45, 7) is 0. The van der Waals surface area contributed by atoms with E-state index in [1.165, 1.54) is 18.2 Å². The zero-order valence-electron chi connectivity index (χ0n) is 9.80. The predicted octanol–water partition coefficient (Wildman–Crippen LogP) is 5.04. The Kier molecular flexibility index (Phi) is 3.69. The van der Waals surface area contributed by atoms with Gasteiger partial charge in [0.2, 0.25) is 0 Å². The van der Waals surface area contributed by atoms with Crippen LogP contribution in [0.1, 0.15) is 11.1 Å². The van der Waals surface area contributed by atoms with Gasteiger partial charge < -0.3 is 0 Å². The van der Waals surface area contributed by atoms with Crippen molar-refractivity contribution in [1.82, 2.24) is 0 Å². The summed E-state index contributed by atoms with van der Waals surface area (Å²) >= 11 is 5.60. The number of rotatable bonds is 1. The van der Waals surface area contributed by atoms with Crippen LogP contribution >= 0.6 is 11.6 Å². The molecular formula is C14H6ClF4N. The molecule has 0 saturated carbocycles. The normalized spacial score (nSPS) is 11.2. The van der Waals surface area contributed by atoms with Gasteiger partial charge in [0, 0.05) is 0 Å². The van der Waals surface area contributed by atoms with Gasteiger partial charge in [0.15, 0.2) is 0 Å². The van der Waals surface area contributed by atoms with Crippen molar-refractivity contribution in [2.24, 2.45) is 0 Å². The Labute approximate surface area is 117 Å². The van der Waals surface area contributed by atoms with Crippen LogP contribution in [-0.2, 0) is 6.18 Å². The Hall–Kier alpha value is -2.06. The van der Waals surface area contributed by atoms with Gasteiger partial charge in [0.1, 0.15) is 11.9 Å². The van der Waals surface area contributed by atoms with Gasteiger partial charge in [-0.25, -0.2) is 4.39 Å². The van der Waals surface area contributed by atoms with E-state index >= 15 is 0 Å². The van der Waals surface area contributed by atoms with Crippen LogP contribution in [0.25, 0.3) is 11.1 Å². The van der Waals surface area contributed by atoms with Gasteiger partial charge in [-0.1, -0.05) is 23.7 Å². The third-order valence-corrected chi connectivity index (χ3v) is 3.01. The minimum absolute atomic E-state index is 0.133. The molecule has 2 rings (SSSR count). The Morgan fingerprint density at radius 1 is 1.00 bits per heavy atom. The van der Waals surface area contributed by atoms with E-state index in [1.807, 2.05) is 0 Å². The van der Waals surface area contributed by atoms with Crippen LogP contribution in [0.5, 0.6) is 0 Å². The van der Waals surface area contributed by atoms with Crippen LogP contribution in [0.4, 0.5) is 17.6 Å². The molecule has 2 aromatic carbocycles. The average Bonchev–Trinajstić information content (AvgIpc) is 2.37. The van der Waals surface area contributed by atoms with Gasteiger partial charge in [0.25, 0.3) is 0 Å². The van der Waals surface area contributed by atoms with Crippen LogP contribution in [0, 0.1) is 17.1 Å². The standard InChI is InChI=1S/C14H6ClF4N/c15-12-5-8(3-4-11(12)14(17,18)19)9-1-2-10(7-20)13(16)6-9/h1-6H. The number of alkyl halides is 3. The maximum absolute atomic E-state index is 13.5. The smallest absolute Gasteiger partial charge is 0.206 e. The zero-order valence-corrected chi connectivity index (χ0v) is 10.6. The monoisotopic (exact) mass is 299 g/mol. The minimum atomic E-state index is -4.54. The van der Waals surface area contributed by atoms with Crippen molar-refractivity contribution in [3.63, 3.8) is 0 Å². The lowest BCUT2D eigenvalue weighted by Crippen LogP contribution is -2.05. The molecule has 0 fully saturated rings. The third kappa shape index (κ3) is 2.75. The van der Waals surface area contributed by atoms with Gasteiger partial charge in [-0.05, 0) is 35.4 Å². The molecule has 102 valence electrons. The molecule has 0 aliphatic carbocycles. The lowest BCUT2D eigenvalue weighted by atomic mass is 10.0. The lowest BCUT2D eigenvalue weighted by molar-refractivity contribution is -0.137. The summed E-state index contributed by atoms with van der Waals surface area (Å²) in [7, 11) is 0. The Bertz CT molecular complexity index is 701. The van der Waals surface area contributed by atoms with E-state index < -0.39 is 22.6 Å². The molecule has 0 amide bonds. The molecule has 20 heavy (non-hydrogen) atoms. The highest BCUT2D eigenvalue weighted by molar-refractivity contribution is 6.31. The summed E-state index contributed by atoms with van der Waals surface area (Å²) in [4.78, 5) is 0. The molecule has 0 N–H and O–H groups in total. The molecule has 0 spiro atoms. The first-order valence-electron chi connectivity index (χ1n) is 5.39. The van der Waals surface area contributed by atoms with Crippen molar-refractivity contribution < 1.29 is 17.6 Å². The van der Waals surface area contributed by atoms with Gasteiger partial charge >= 0.3 is 6.18 Å². The Morgan fingerprint density at radius 2 is 1.60 bits per heavy atom. The first-order valence-corrected chi connectivity index (χ1v) is 5.77. The van der Waals surface area contributed by atoms with E-state index in [2.05, 4.69) is 0 Å². The fourth-order valence-corrected chi connectivity index (χ4v) is 2.00. The van der Waals surface area contributed by atoms with E-state index in [1.54, 1.807) is 6.07 Å². The summed E-state index contributed by atoms with van der Waals surface area (Å²) in [6, 6.07) is 8.61. The summed E-state index contributed by atoms with van der Waals surface area (Å²) in [5.74, 6) is -0.735. The van der Waals surface area contributed by atoms with Crippen LogP contribution in [0.15, 0.2) is 36.4 Å². The molecule has 1 nitrogen and oxygen atoms in total. The molecule has 0 aromatic heterocycles. The van der Waals surface area contributed by atoms with Crippen molar-refractivity contribution in [2.45, 2.75) is 6.18 Å². The van der Waals surface area contributed by atoms with E-state index in [-0.39, 0.29) is 5.56 Å². The molecule has 2 aromatic rings. The lowest BCUT2D eigenvalue weighted by Gasteiger charge is -2.10. The number of hydrogen-bond acceptors (Lipinski definition) is 1. The van der Waals surface area contributed by atoms with Gasteiger partial charge in [0.05, 0.1) is 16.1 Å². The summed E-state index contributed by atoms with van der Waals surface area (Å²) < 4.78 is 51.2. The van der Waals surface area contributed by atoms with Crippen molar-refractivity contribution in [3.05, 3.63) is 58.4 Å². The Morgan fingerprint density at radius 3 is 2.10 bits per heavy atom. The van der Waals surface area contributed by atoms with Crippen LogP contribution < -0.4 is 0 Å². The molecule has 0 saturated heterocycles. The number of benzene rings is 2. The maximum atomic E-state index is 13.5. The second-order valence-corrected chi connectivity index (χ2v) is 4.41. The van der Waals surface area contributed by atoms with Crippen molar-refractivity contribution in [3.8, 4) is 17.2 Å². The number of hydrogen-bond donors (Lipinski definition) is 0. The van der Waals surface area contributed by atoms with Crippen molar-refractivity contribution in [1.29, 1.82) is 5.26 Å². The van der Waals surface area contributed by atoms with Crippen LogP contribution in [-0.4, -0.2) is 0 Å². The zero-order chi connectivity index (χ0) is 14.9. The molecule has 0 aliphatic rings. The third-order valence-electron chi connectivity index (χ3n) is 2.70. The summed E-state index contributed by atoms with van der Waals surface area (Å²) in [6.07, 6.45) is -4.54. The van der Waals surface area contributed by atoms with E-state index in [9.17, 15) is 17.6 Å². The molecule has 0 aliphatic heterocycles. The van der Waals surface area contributed by atoms with Crippen LogP contribution in [0.2, 0.25) is 5.02 Å². The molecule has 0 heterocycles. The number of nitriles is 1. The summed E-state index contributed by atoms with van der Waals surface area (Å²) in [5.41, 5.74) is -0.396. The van der Waals surface area contributed by atoms with Gasteiger partial charge in [-0.15, -0.1) is 0 Å². The molecule has 0 bridgehead atoms.